The molecule has 0 radical (unpaired) electrons. The number of amides is 1. The molecule has 0 aliphatic rings. The van der Waals surface area contributed by atoms with Gasteiger partial charge in [-0.15, -0.1) is 12.4 Å². The second-order valence-corrected chi connectivity index (χ2v) is 11.6. The molecule has 0 atom stereocenters. The van der Waals surface area contributed by atoms with E-state index in [1.165, 1.54) is 0 Å². The molecule has 0 fully saturated rings. The molecule has 0 saturated heterocycles. The minimum Gasteiger partial charge on any atom is -0.493 e. The largest absolute Gasteiger partial charge is 0.493 e. The van der Waals surface area contributed by atoms with Crippen molar-refractivity contribution < 1.29 is 33.6 Å². The van der Waals surface area contributed by atoms with Crippen LogP contribution < -0.4 is 15.8 Å². The first-order valence-corrected chi connectivity index (χ1v) is 16.6. The summed E-state index contributed by atoms with van der Waals surface area (Å²) in [5, 5.41) is 19.7. The van der Waals surface area contributed by atoms with Crippen molar-refractivity contribution in [1.29, 1.82) is 0 Å². The van der Waals surface area contributed by atoms with E-state index in [1.54, 1.807) is 4.52 Å². The topological polar surface area (TPSA) is 147 Å². The molecule has 4 N–H and O–H groups in total. The fourth-order valence-corrected chi connectivity index (χ4v) is 5.94. The Hall–Kier alpha value is -4.52. The molecule has 2 aromatic heterocycles. The van der Waals surface area contributed by atoms with Crippen LogP contribution in [0.2, 0.25) is 0 Å². The predicted molar refractivity (Wildman–Crippen MR) is 196 cm³/mol. The van der Waals surface area contributed by atoms with Gasteiger partial charge in [-0.05, 0) is 73.5 Å². The first kappa shape index (κ1) is 38.3. The summed E-state index contributed by atoms with van der Waals surface area (Å²) in [5.74, 6) is -0.477. The lowest BCUT2D eigenvalue weighted by Crippen LogP contribution is -2.28. The summed E-state index contributed by atoms with van der Waals surface area (Å²) in [5.41, 5.74) is 10.7. The van der Waals surface area contributed by atoms with Gasteiger partial charge >= 0.3 is 5.97 Å². The SMILES string of the molecule is Cc1cc(C(=O)NCCOCCOCCOCCN)cc(C)c1-c1cccc2c(CCCOc3cccc4ccccc34)c(C(=O)O)nn12.Cl. The van der Waals surface area contributed by atoms with Crippen molar-refractivity contribution in [3.63, 3.8) is 0 Å². The summed E-state index contributed by atoms with van der Waals surface area (Å²) in [6.45, 7) is 7.87. The molecule has 50 heavy (non-hydrogen) atoms. The van der Waals surface area contributed by atoms with Crippen LogP contribution in [0.1, 0.15) is 44.0 Å². The van der Waals surface area contributed by atoms with Crippen LogP contribution >= 0.6 is 12.4 Å². The van der Waals surface area contributed by atoms with E-state index in [4.69, 9.17) is 24.7 Å². The van der Waals surface area contributed by atoms with Gasteiger partial charge in [-0.1, -0.05) is 42.5 Å². The zero-order chi connectivity index (χ0) is 34.6. The number of benzene rings is 3. The number of hydrogen-bond donors (Lipinski definition) is 3. The highest BCUT2D eigenvalue weighted by Gasteiger charge is 2.22. The van der Waals surface area contributed by atoms with Gasteiger partial charge in [0.1, 0.15) is 5.75 Å². The number of nitrogens with one attached hydrogen (secondary N) is 1. The number of aromatic nitrogens is 2. The van der Waals surface area contributed by atoms with Crippen molar-refractivity contribution in [3.05, 3.63) is 101 Å². The Labute approximate surface area is 298 Å². The Balaban J connectivity index is 0.00000562. The van der Waals surface area contributed by atoms with Crippen molar-refractivity contribution in [2.24, 2.45) is 5.73 Å². The van der Waals surface area contributed by atoms with Crippen LogP contribution in [0.4, 0.5) is 0 Å². The molecule has 1 amide bonds. The fraction of sp³-hybridized carbons (Fsp3) is 0.342. The minimum absolute atomic E-state index is 0. The van der Waals surface area contributed by atoms with Crippen molar-refractivity contribution in [2.75, 3.05) is 59.3 Å². The zero-order valence-electron chi connectivity index (χ0n) is 28.5. The number of fused-ring (bicyclic) bond motifs is 2. The van der Waals surface area contributed by atoms with E-state index in [9.17, 15) is 14.7 Å². The van der Waals surface area contributed by atoms with E-state index in [0.717, 1.165) is 44.4 Å². The van der Waals surface area contributed by atoms with E-state index in [2.05, 4.69) is 10.4 Å². The number of carboxylic acids is 1. The smallest absolute Gasteiger partial charge is 0.356 e. The molecule has 0 bridgehead atoms. The van der Waals surface area contributed by atoms with E-state index >= 15 is 0 Å². The first-order valence-electron chi connectivity index (χ1n) is 16.6. The maximum Gasteiger partial charge on any atom is 0.356 e. The van der Waals surface area contributed by atoms with Gasteiger partial charge in [-0.25, -0.2) is 9.31 Å². The quantitative estimate of drug-likeness (QED) is 0.0930. The second kappa shape index (κ2) is 19.0. The number of nitrogens with zero attached hydrogens (tertiary/aromatic N) is 2. The molecule has 12 heteroatoms. The van der Waals surface area contributed by atoms with Gasteiger partial charge in [0.15, 0.2) is 5.69 Å². The number of carbonyl (C=O) groups excluding carboxylic acids is 1. The van der Waals surface area contributed by atoms with E-state index in [0.29, 0.717) is 83.3 Å². The number of rotatable bonds is 19. The summed E-state index contributed by atoms with van der Waals surface area (Å²) >= 11 is 0. The van der Waals surface area contributed by atoms with E-state index in [-0.39, 0.29) is 24.0 Å². The number of hydrogen-bond acceptors (Lipinski definition) is 8. The molecule has 266 valence electrons. The monoisotopic (exact) mass is 704 g/mol. The highest BCUT2D eigenvalue weighted by Crippen LogP contribution is 2.31. The van der Waals surface area contributed by atoms with Gasteiger partial charge in [-0.3, -0.25) is 4.79 Å². The molecule has 11 nitrogen and oxygen atoms in total. The molecule has 0 spiro atoms. The summed E-state index contributed by atoms with van der Waals surface area (Å²) in [7, 11) is 0. The van der Waals surface area contributed by atoms with Crippen molar-refractivity contribution in [2.45, 2.75) is 26.7 Å². The highest BCUT2D eigenvalue weighted by molar-refractivity contribution is 5.96. The number of aryl methyl sites for hydroxylation is 3. The number of aromatic carboxylic acids is 1. The third kappa shape index (κ3) is 9.58. The standard InChI is InChI=1S/C38H44N4O7.ClH/c1-26-24-29(37(43)40-16-19-47-21-23-48-22-20-46-18-15-39)25-27(2)35(26)33-13-6-12-32-31(36(38(44)45)41-42(32)33)11-7-17-49-34-14-5-9-28-8-3-4-10-30(28)34;/h3-6,8-10,12-14,24-25H,7,11,15-23,39H2,1-2H3,(H,40,43)(H,44,45);1H. The van der Waals surface area contributed by atoms with Gasteiger partial charge in [-0.2, -0.15) is 5.10 Å². The van der Waals surface area contributed by atoms with Gasteiger partial charge < -0.3 is 35.1 Å². The molecular weight excluding hydrogens is 660 g/mol. The molecule has 2 heterocycles. The highest BCUT2D eigenvalue weighted by atomic mass is 35.5. The molecule has 0 unspecified atom stereocenters. The average Bonchev–Trinajstić information content (AvgIpc) is 3.48. The third-order valence-electron chi connectivity index (χ3n) is 8.13. The lowest BCUT2D eigenvalue weighted by molar-refractivity contribution is 0.0166. The van der Waals surface area contributed by atoms with Crippen LogP contribution in [0.25, 0.3) is 27.5 Å². The maximum atomic E-state index is 13.0. The Morgan fingerprint density at radius 2 is 1.50 bits per heavy atom. The Kier molecular flexibility index (Phi) is 14.6. The number of halogens is 1. The van der Waals surface area contributed by atoms with Crippen LogP contribution in [0.3, 0.4) is 0 Å². The summed E-state index contributed by atoms with van der Waals surface area (Å²) in [6, 6.07) is 23.4. The number of carboxylic acid groups (broad SMARTS) is 1. The maximum absolute atomic E-state index is 13.0. The van der Waals surface area contributed by atoms with E-state index < -0.39 is 5.97 Å². The molecule has 3 aromatic carbocycles. The molecule has 5 rings (SSSR count). The van der Waals surface area contributed by atoms with Crippen LogP contribution in [-0.4, -0.2) is 85.9 Å². The van der Waals surface area contributed by atoms with Crippen LogP contribution in [0.5, 0.6) is 5.75 Å². The Bertz CT molecular complexity index is 1870. The third-order valence-corrected chi connectivity index (χ3v) is 8.13. The van der Waals surface area contributed by atoms with Crippen molar-refractivity contribution in [3.8, 4) is 17.0 Å². The molecule has 0 saturated carbocycles. The van der Waals surface area contributed by atoms with Gasteiger partial charge in [0.05, 0.1) is 57.5 Å². The Morgan fingerprint density at radius 3 is 2.22 bits per heavy atom. The number of nitrogens with two attached hydrogens (primary N) is 1. The Morgan fingerprint density at radius 1 is 0.840 bits per heavy atom. The lowest BCUT2D eigenvalue weighted by atomic mass is 9.96. The first-order chi connectivity index (χ1) is 23.9. The van der Waals surface area contributed by atoms with Crippen LogP contribution in [-0.2, 0) is 20.6 Å². The number of carbonyl (C=O) groups is 2. The molecule has 0 aliphatic carbocycles. The van der Waals surface area contributed by atoms with Crippen LogP contribution in [0.15, 0.2) is 72.8 Å². The van der Waals surface area contributed by atoms with E-state index in [1.807, 2.05) is 86.6 Å². The van der Waals surface area contributed by atoms with Gasteiger partial charge in [0.25, 0.3) is 5.91 Å². The van der Waals surface area contributed by atoms with Crippen molar-refractivity contribution >= 4 is 40.6 Å². The molecule has 5 aromatic rings. The van der Waals surface area contributed by atoms with Crippen LogP contribution in [0, 0.1) is 13.8 Å². The second-order valence-electron chi connectivity index (χ2n) is 11.6. The predicted octanol–water partition coefficient (Wildman–Crippen LogP) is 5.64. The van der Waals surface area contributed by atoms with Gasteiger partial charge in [0, 0.05) is 35.2 Å². The summed E-state index contributed by atoms with van der Waals surface area (Å²) in [4.78, 5) is 25.3. The summed E-state index contributed by atoms with van der Waals surface area (Å²) in [6.07, 6.45) is 1.10. The molecule has 0 aliphatic heterocycles. The zero-order valence-corrected chi connectivity index (χ0v) is 29.3. The fourth-order valence-electron chi connectivity index (χ4n) is 5.94. The molecular formula is C38H45ClN4O7. The number of ether oxygens (including phenoxy) is 4. The minimum atomic E-state index is -1.08. The van der Waals surface area contributed by atoms with Crippen molar-refractivity contribution in [1.82, 2.24) is 14.9 Å². The summed E-state index contributed by atoms with van der Waals surface area (Å²) < 4.78 is 24.1. The normalized spacial score (nSPS) is 11.1. The lowest BCUT2D eigenvalue weighted by Gasteiger charge is -2.15. The average molecular weight is 705 g/mol. The van der Waals surface area contributed by atoms with Gasteiger partial charge in [0.2, 0.25) is 0 Å². The number of pyridine rings is 1.